The fraction of sp³-hybridized carbons (Fsp3) is 0.930. The third-order valence-corrected chi connectivity index (χ3v) is 23.0. The van der Waals surface area contributed by atoms with E-state index in [4.69, 9.17) is 5.11 Å². The number of carbonyl (C=O) groups is 4. The Kier molecular flexibility index (Phi) is 17.1. The summed E-state index contributed by atoms with van der Waals surface area (Å²) in [5.74, 6) is 4.50. The summed E-state index contributed by atoms with van der Waals surface area (Å²) in [5, 5.41) is 58.5. The minimum absolute atomic E-state index is 0.0662. The predicted octanol–water partition coefficient (Wildman–Crippen LogP) is 8.55. The minimum Gasteiger partial charge on any atom is -0.480 e. The number of hydrogen-bond acceptors (Lipinski definition) is 9. The number of methoxy groups -OCH3 is 1. The quantitative estimate of drug-likeness (QED) is 0.0827. The molecule has 8 aliphatic rings. The van der Waals surface area contributed by atoms with E-state index in [9.17, 15) is 39.6 Å². The Morgan fingerprint density at radius 3 is 1.30 bits per heavy atom. The highest BCUT2D eigenvalue weighted by atomic mass is 16.5. The first-order valence-corrected chi connectivity index (χ1v) is 28.1. The van der Waals surface area contributed by atoms with Crippen LogP contribution in [0.4, 0.5) is 0 Å². The van der Waals surface area contributed by atoms with Crippen LogP contribution in [0.3, 0.4) is 0 Å². The molecule has 22 atom stereocenters. The molecule has 0 bridgehead atoms. The van der Waals surface area contributed by atoms with Gasteiger partial charge in [-0.25, -0.2) is 0 Å². The van der Waals surface area contributed by atoms with Gasteiger partial charge in [0.1, 0.15) is 13.1 Å². The van der Waals surface area contributed by atoms with Crippen LogP contribution in [-0.2, 0) is 23.9 Å². The SMILES string of the molecule is CC[C@H]1[C@@H](O)[C@@H]2[C@H](CC[C@]3(C)[C@@H]([C@H](C)CCC(=O)NCC(=O)O)CC[C@@H]23)[C@@]2(C)CC[C@@H](O)C[C@@H]12.CC[C@H]1[C@@H](O)[C@@H]2[C@H](CC[C@]3(C)[C@@H]([C@H](C)CCC(=O)NCC(=O)OC)CC[C@@H]23)[C@@]2(C)CC[C@@H](O)C[C@@H]12. The number of amides is 2. The Labute approximate surface area is 415 Å². The number of aliphatic hydroxyl groups is 4. The summed E-state index contributed by atoms with van der Waals surface area (Å²) in [4.78, 5) is 46.4. The largest absolute Gasteiger partial charge is 0.480 e. The molecule has 0 aromatic carbocycles. The second kappa shape index (κ2) is 21.7. The lowest BCUT2D eigenvalue weighted by molar-refractivity contribution is -0.203. The zero-order valence-electron chi connectivity index (χ0n) is 44.2. The van der Waals surface area contributed by atoms with E-state index in [0.717, 1.165) is 83.5 Å². The van der Waals surface area contributed by atoms with Crippen LogP contribution in [0.5, 0.6) is 0 Å². The van der Waals surface area contributed by atoms with Crippen LogP contribution in [0.25, 0.3) is 0 Å². The topological polar surface area (TPSA) is 203 Å². The molecule has 12 nitrogen and oxygen atoms in total. The van der Waals surface area contributed by atoms with Gasteiger partial charge in [-0.2, -0.15) is 0 Å². The second-order valence-electron chi connectivity index (χ2n) is 25.8. The highest BCUT2D eigenvalue weighted by Crippen LogP contribution is 2.71. The fourth-order valence-electron chi connectivity index (χ4n) is 19.6. The van der Waals surface area contributed by atoms with Gasteiger partial charge >= 0.3 is 11.9 Å². The third kappa shape index (κ3) is 10.2. The maximum atomic E-state index is 12.3. The summed E-state index contributed by atoms with van der Waals surface area (Å²) in [5.41, 5.74) is 0.845. The Balaban J connectivity index is 0.000000204. The Morgan fingerprint density at radius 2 is 0.928 bits per heavy atom. The zero-order valence-corrected chi connectivity index (χ0v) is 44.2. The molecule has 69 heavy (non-hydrogen) atoms. The molecule has 0 radical (unpaired) electrons. The summed E-state index contributed by atoms with van der Waals surface area (Å²) in [6, 6.07) is 0. The molecule has 8 fully saturated rings. The summed E-state index contributed by atoms with van der Waals surface area (Å²) in [6.07, 6.45) is 18.5. The van der Waals surface area contributed by atoms with E-state index in [-0.39, 0.29) is 82.8 Å². The lowest BCUT2D eigenvalue weighted by Crippen LogP contribution is -2.62. The number of hydrogen-bond donors (Lipinski definition) is 7. The number of rotatable bonds is 14. The van der Waals surface area contributed by atoms with Crippen LogP contribution >= 0.6 is 0 Å². The molecule has 0 heterocycles. The van der Waals surface area contributed by atoms with Gasteiger partial charge in [-0.15, -0.1) is 0 Å². The van der Waals surface area contributed by atoms with Crippen molar-refractivity contribution in [3.05, 3.63) is 0 Å². The van der Waals surface area contributed by atoms with Crippen LogP contribution in [-0.4, -0.2) is 93.9 Å². The number of carboxylic acid groups (broad SMARTS) is 1. The van der Waals surface area contributed by atoms with Gasteiger partial charge in [-0.05, 0) is 207 Å². The van der Waals surface area contributed by atoms with Gasteiger partial charge in [0, 0.05) is 12.8 Å². The van der Waals surface area contributed by atoms with Crippen molar-refractivity contribution in [1.82, 2.24) is 10.6 Å². The van der Waals surface area contributed by atoms with Crippen molar-refractivity contribution >= 4 is 23.8 Å². The number of nitrogens with one attached hydrogen (secondary N) is 2. The smallest absolute Gasteiger partial charge is 0.325 e. The zero-order chi connectivity index (χ0) is 50.4. The van der Waals surface area contributed by atoms with Crippen LogP contribution < -0.4 is 10.6 Å². The molecule has 0 saturated heterocycles. The molecule has 394 valence electrons. The molecule has 8 saturated carbocycles. The van der Waals surface area contributed by atoms with Crippen LogP contribution in [0.15, 0.2) is 0 Å². The number of ether oxygens (including phenoxy) is 1. The van der Waals surface area contributed by atoms with Crippen LogP contribution in [0.1, 0.15) is 184 Å². The van der Waals surface area contributed by atoms with Crippen molar-refractivity contribution in [1.29, 1.82) is 0 Å². The summed E-state index contributed by atoms with van der Waals surface area (Å²) in [6.45, 7) is 18.5. The molecule has 0 unspecified atom stereocenters. The molecule has 0 spiro atoms. The number of carbonyl (C=O) groups excluding carboxylic acids is 3. The first-order chi connectivity index (χ1) is 32.6. The van der Waals surface area contributed by atoms with E-state index < -0.39 is 11.9 Å². The van der Waals surface area contributed by atoms with Crippen molar-refractivity contribution in [3.63, 3.8) is 0 Å². The summed E-state index contributed by atoms with van der Waals surface area (Å²) in [7, 11) is 1.33. The number of esters is 1. The highest BCUT2D eigenvalue weighted by Gasteiger charge is 2.67. The monoisotopic (exact) mass is 969 g/mol. The molecular formula is C57H96N2O10. The molecule has 12 heteroatoms. The highest BCUT2D eigenvalue weighted by molar-refractivity contribution is 5.82. The van der Waals surface area contributed by atoms with E-state index in [1.165, 1.54) is 39.2 Å². The van der Waals surface area contributed by atoms with Gasteiger partial charge < -0.3 is 40.9 Å². The van der Waals surface area contributed by atoms with E-state index in [1.807, 2.05) is 0 Å². The average Bonchev–Trinajstić information content (AvgIpc) is 3.86. The lowest BCUT2D eigenvalue weighted by Gasteiger charge is -2.64. The Morgan fingerprint density at radius 1 is 0.551 bits per heavy atom. The van der Waals surface area contributed by atoms with Gasteiger partial charge in [-0.1, -0.05) is 68.2 Å². The van der Waals surface area contributed by atoms with Crippen molar-refractivity contribution < 1.29 is 49.4 Å². The van der Waals surface area contributed by atoms with E-state index in [0.29, 0.717) is 83.9 Å². The van der Waals surface area contributed by atoms with Crippen LogP contribution in [0.2, 0.25) is 0 Å². The van der Waals surface area contributed by atoms with Crippen molar-refractivity contribution in [3.8, 4) is 0 Å². The van der Waals surface area contributed by atoms with E-state index >= 15 is 0 Å². The van der Waals surface area contributed by atoms with Gasteiger partial charge in [-0.3, -0.25) is 19.2 Å². The average molecular weight is 969 g/mol. The standard InChI is InChI=1S/C29H49NO5.C28H47NO5/c1-6-19-23-15-18(31)11-13-29(23,4)22-12-14-28(3)20(8-9-21(28)26(22)27(19)34)17(2)7-10-24(32)30-16-25(33)35-5;1-5-18-22-14-17(30)10-12-28(22,4)21-11-13-27(3)19(7-8-20(27)25(21)26(18)34)16(2)6-9-23(31)29-15-24(32)33/h17-23,26-27,31,34H,6-16H2,1-5H3,(H,30,32);16-22,25-26,30,34H,5-15H2,1-4H3,(H,29,31)(H,32,33)/t17-,18-,19-,20-,21+,22+,23+,26+,27-,28-,29-;16-,17-,18-,19-,20+,21+,22+,25+,26-,27-,28-/m11/s1. The van der Waals surface area contributed by atoms with Gasteiger partial charge in [0.05, 0.1) is 31.5 Å². The third-order valence-electron chi connectivity index (χ3n) is 23.0. The molecule has 8 rings (SSSR count). The lowest BCUT2D eigenvalue weighted by atomic mass is 9.41. The van der Waals surface area contributed by atoms with E-state index in [2.05, 4.69) is 70.8 Å². The van der Waals surface area contributed by atoms with Crippen LogP contribution in [0, 0.1) is 105 Å². The molecule has 8 aliphatic carbocycles. The van der Waals surface area contributed by atoms with Gasteiger partial charge in [0.15, 0.2) is 0 Å². The maximum absolute atomic E-state index is 12.3. The normalized spacial score (nSPS) is 46.1. The molecule has 2 amide bonds. The number of fused-ring (bicyclic) bond motifs is 10. The summed E-state index contributed by atoms with van der Waals surface area (Å²) >= 11 is 0. The van der Waals surface area contributed by atoms with Gasteiger partial charge in [0.25, 0.3) is 0 Å². The number of aliphatic carboxylic acids is 1. The molecule has 0 aromatic rings. The fourth-order valence-corrected chi connectivity index (χ4v) is 19.6. The Bertz CT molecular complexity index is 1810. The van der Waals surface area contributed by atoms with Gasteiger partial charge in [0.2, 0.25) is 11.8 Å². The van der Waals surface area contributed by atoms with E-state index in [1.54, 1.807) is 0 Å². The first kappa shape index (κ1) is 54.5. The van der Waals surface area contributed by atoms with Crippen molar-refractivity contribution in [2.75, 3.05) is 20.2 Å². The predicted molar refractivity (Wildman–Crippen MR) is 266 cm³/mol. The Hall–Kier alpha value is -2.28. The molecule has 7 N–H and O–H groups in total. The molecular weight excluding hydrogens is 873 g/mol. The number of aliphatic hydroxyl groups excluding tert-OH is 4. The first-order valence-electron chi connectivity index (χ1n) is 28.1. The second-order valence-corrected chi connectivity index (χ2v) is 25.8. The minimum atomic E-state index is -1.01. The number of carboxylic acids is 1. The van der Waals surface area contributed by atoms with Crippen molar-refractivity contribution in [2.45, 2.75) is 208 Å². The molecule has 0 aromatic heterocycles. The maximum Gasteiger partial charge on any atom is 0.325 e. The molecule has 0 aliphatic heterocycles. The van der Waals surface area contributed by atoms with Crippen molar-refractivity contribution in [2.24, 2.45) is 105 Å². The summed E-state index contributed by atoms with van der Waals surface area (Å²) < 4.78 is 4.61.